The molecule has 6 nitrogen and oxygen atoms in total. The number of carbonyl (C=O) groups is 1. The van der Waals surface area contributed by atoms with Crippen molar-refractivity contribution in [1.29, 1.82) is 0 Å². The molecule has 0 aliphatic rings. The fourth-order valence-electron chi connectivity index (χ4n) is 2.35. The number of halogens is 1. The Morgan fingerprint density at radius 1 is 1.42 bits per heavy atom. The van der Waals surface area contributed by atoms with E-state index in [2.05, 4.69) is 15.5 Å². The molecule has 0 saturated carbocycles. The van der Waals surface area contributed by atoms with Crippen molar-refractivity contribution in [2.75, 3.05) is 6.61 Å². The average Bonchev–Trinajstić information content (AvgIpc) is 3.22. The third-order valence-corrected chi connectivity index (χ3v) is 3.63. The van der Waals surface area contributed by atoms with E-state index in [-0.39, 0.29) is 11.7 Å². The lowest BCUT2D eigenvalue weighted by Gasteiger charge is -2.06. The third-order valence-electron chi connectivity index (χ3n) is 3.63. The summed E-state index contributed by atoms with van der Waals surface area (Å²) >= 11 is 0. The van der Waals surface area contributed by atoms with E-state index in [1.807, 2.05) is 6.07 Å². The zero-order valence-corrected chi connectivity index (χ0v) is 13.3. The molecule has 126 valence electrons. The van der Waals surface area contributed by atoms with E-state index in [4.69, 9.17) is 9.26 Å². The van der Waals surface area contributed by atoms with Gasteiger partial charge >= 0.3 is 0 Å². The lowest BCUT2D eigenvalue weighted by Crippen LogP contribution is -2.21. The number of ether oxygens (including phenoxy) is 1. The highest BCUT2D eigenvalue weighted by Gasteiger charge is 2.10. The summed E-state index contributed by atoms with van der Waals surface area (Å²) < 4.78 is 24.4. The van der Waals surface area contributed by atoms with Crippen LogP contribution in [-0.2, 0) is 17.8 Å². The molecular formula is C17H18FN3O3. The van der Waals surface area contributed by atoms with Crippen molar-refractivity contribution in [1.82, 2.24) is 15.5 Å². The largest absolute Gasteiger partial charge is 0.490 e. The minimum atomic E-state index is -0.425. The zero-order valence-electron chi connectivity index (χ0n) is 13.3. The number of carbonyl (C=O) groups excluding carboxylic acids is 1. The standard InChI is InChI=1S/C17H18FN3O3/c1-2-17(22)19-10-13-7-11-8-14(18)16(9-15(11)20-13)23-5-3-12-4-6-24-21-12/h4,6-9,20H,2-3,5,10H2,1H3,(H,19,22). The Hall–Kier alpha value is -2.83. The Labute approximate surface area is 138 Å². The normalized spacial score (nSPS) is 10.9. The first-order valence-corrected chi connectivity index (χ1v) is 7.75. The summed E-state index contributed by atoms with van der Waals surface area (Å²) in [5.74, 6) is -0.278. The zero-order chi connectivity index (χ0) is 16.9. The molecule has 0 fully saturated rings. The molecule has 3 rings (SSSR count). The first-order chi connectivity index (χ1) is 11.7. The van der Waals surface area contributed by atoms with E-state index >= 15 is 0 Å². The molecule has 2 N–H and O–H groups in total. The van der Waals surface area contributed by atoms with Gasteiger partial charge < -0.3 is 19.6 Å². The van der Waals surface area contributed by atoms with Crippen LogP contribution in [0.2, 0.25) is 0 Å². The molecule has 0 spiro atoms. The number of hydrogen-bond acceptors (Lipinski definition) is 4. The van der Waals surface area contributed by atoms with Crippen molar-refractivity contribution in [3.63, 3.8) is 0 Å². The van der Waals surface area contributed by atoms with Crippen molar-refractivity contribution in [3.05, 3.63) is 47.7 Å². The molecule has 0 saturated heterocycles. The molecule has 2 heterocycles. The highest BCUT2D eigenvalue weighted by molar-refractivity contribution is 5.82. The lowest BCUT2D eigenvalue weighted by molar-refractivity contribution is -0.120. The third kappa shape index (κ3) is 3.73. The summed E-state index contributed by atoms with van der Waals surface area (Å²) in [6.07, 6.45) is 2.45. The van der Waals surface area contributed by atoms with Gasteiger partial charge in [-0.3, -0.25) is 4.79 Å². The van der Waals surface area contributed by atoms with Crippen molar-refractivity contribution < 1.29 is 18.4 Å². The van der Waals surface area contributed by atoms with Crippen LogP contribution >= 0.6 is 0 Å². The van der Waals surface area contributed by atoms with Gasteiger partial charge in [-0.1, -0.05) is 12.1 Å². The quantitative estimate of drug-likeness (QED) is 0.697. The SMILES string of the molecule is CCC(=O)NCc1cc2cc(F)c(OCCc3ccon3)cc2[nH]1. The van der Waals surface area contributed by atoms with E-state index in [9.17, 15) is 9.18 Å². The van der Waals surface area contributed by atoms with Gasteiger partial charge in [-0.05, 0) is 12.1 Å². The molecule has 1 amide bonds. The van der Waals surface area contributed by atoms with Gasteiger partial charge in [0, 0.05) is 41.6 Å². The highest BCUT2D eigenvalue weighted by atomic mass is 19.1. The van der Waals surface area contributed by atoms with Crippen molar-refractivity contribution in [2.24, 2.45) is 0 Å². The Bertz CT molecular complexity index is 827. The van der Waals surface area contributed by atoms with Crippen LogP contribution < -0.4 is 10.1 Å². The van der Waals surface area contributed by atoms with Crippen LogP contribution in [-0.4, -0.2) is 22.7 Å². The van der Waals surface area contributed by atoms with Crippen LogP contribution in [0, 0.1) is 5.82 Å². The van der Waals surface area contributed by atoms with Crippen LogP contribution in [0.25, 0.3) is 10.9 Å². The first kappa shape index (κ1) is 16.0. The number of benzene rings is 1. The van der Waals surface area contributed by atoms with Gasteiger partial charge in [0.15, 0.2) is 11.6 Å². The van der Waals surface area contributed by atoms with E-state index < -0.39 is 5.82 Å². The van der Waals surface area contributed by atoms with E-state index in [1.54, 1.807) is 19.1 Å². The minimum absolute atomic E-state index is 0.0308. The number of aromatic amines is 1. The molecule has 0 aliphatic carbocycles. The number of nitrogens with one attached hydrogen (secondary N) is 2. The van der Waals surface area contributed by atoms with E-state index in [1.165, 1.54) is 12.3 Å². The summed E-state index contributed by atoms with van der Waals surface area (Å²) in [5, 5.41) is 7.29. The highest BCUT2D eigenvalue weighted by Crippen LogP contribution is 2.25. The molecule has 3 aromatic rings. The Kier molecular flexibility index (Phi) is 4.79. The van der Waals surface area contributed by atoms with Gasteiger partial charge in [-0.25, -0.2) is 4.39 Å². The molecule has 24 heavy (non-hydrogen) atoms. The van der Waals surface area contributed by atoms with Gasteiger partial charge in [-0.2, -0.15) is 0 Å². The lowest BCUT2D eigenvalue weighted by atomic mass is 10.2. The fraction of sp³-hybridized carbons (Fsp3) is 0.294. The fourth-order valence-corrected chi connectivity index (χ4v) is 2.35. The topological polar surface area (TPSA) is 80.2 Å². The number of amides is 1. The second-order valence-electron chi connectivity index (χ2n) is 5.38. The number of hydrogen-bond donors (Lipinski definition) is 2. The Morgan fingerprint density at radius 2 is 2.29 bits per heavy atom. The Morgan fingerprint density at radius 3 is 3.04 bits per heavy atom. The molecule has 0 aliphatic heterocycles. The maximum atomic E-state index is 14.1. The van der Waals surface area contributed by atoms with Crippen LogP contribution in [0.1, 0.15) is 24.7 Å². The van der Waals surface area contributed by atoms with Crippen LogP contribution in [0.15, 0.2) is 35.1 Å². The minimum Gasteiger partial charge on any atom is -0.490 e. The molecule has 0 bridgehead atoms. The molecule has 7 heteroatoms. The van der Waals surface area contributed by atoms with Crippen molar-refractivity contribution >= 4 is 16.8 Å². The van der Waals surface area contributed by atoms with Gasteiger partial charge in [0.2, 0.25) is 5.91 Å². The van der Waals surface area contributed by atoms with Crippen LogP contribution in [0.4, 0.5) is 4.39 Å². The molecule has 1 aromatic carbocycles. The molecule has 0 radical (unpaired) electrons. The number of rotatable bonds is 7. The summed E-state index contributed by atoms with van der Waals surface area (Å²) in [6.45, 7) is 2.47. The summed E-state index contributed by atoms with van der Waals surface area (Å²) in [4.78, 5) is 14.5. The average molecular weight is 331 g/mol. The second kappa shape index (κ2) is 7.16. The van der Waals surface area contributed by atoms with Crippen LogP contribution in [0.3, 0.4) is 0 Å². The summed E-state index contributed by atoms with van der Waals surface area (Å²) in [7, 11) is 0. The van der Waals surface area contributed by atoms with Gasteiger partial charge in [-0.15, -0.1) is 0 Å². The molecule has 2 aromatic heterocycles. The van der Waals surface area contributed by atoms with Crippen LogP contribution in [0.5, 0.6) is 5.75 Å². The van der Waals surface area contributed by atoms with Crippen molar-refractivity contribution in [2.45, 2.75) is 26.3 Å². The van der Waals surface area contributed by atoms with Crippen molar-refractivity contribution in [3.8, 4) is 5.75 Å². The summed E-state index contributed by atoms with van der Waals surface area (Å²) in [6, 6.07) is 6.60. The maximum absolute atomic E-state index is 14.1. The molecule has 0 atom stereocenters. The maximum Gasteiger partial charge on any atom is 0.220 e. The Balaban J connectivity index is 1.67. The smallest absolute Gasteiger partial charge is 0.220 e. The first-order valence-electron chi connectivity index (χ1n) is 7.75. The number of aromatic nitrogens is 2. The number of nitrogens with zero attached hydrogens (tertiary/aromatic N) is 1. The molecular weight excluding hydrogens is 313 g/mol. The number of fused-ring (bicyclic) bond motifs is 1. The predicted molar refractivity (Wildman–Crippen MR) is 86.1 cm³/mol. The molecule has 0 unspecified atom stereocenters. The second-order valence-corrected chi connectivity index (χ2v) is 5.38. The summed E-state index contributed by atoms with van der Waals surface area (Å²) in [5.41, 5.74) is 2.32. The van der Waals surface area contributed by atoms with Gasteiger partial charge in [0.25, 0.3) is 0 Å². The predicted octanol–water partition coefficient (Wildman–Crippen LogP) is 2.94. The monoisotopic (exact) mass is 331 g/mol. The number of H-pyrrole nitrogens is 1. The van der Waals surface area contributed by atoms with E-state index in [0.29, 0.717) is 26.0 Å². The van der Waals surface area contributed by atoms with Gasteiger partial charge in [0.05, 0.1) is 18.8 Å². The van der Waals surface area contributed by atoms with Gasteiger partial charge in [0.1, 0.15) is 6.26 Å². The van der Waals surface area contributed by atoms with E-state index in [0.717, 1.165) is 22.3 Å².